The molecular weight excluding hydrogens is 296 g/mol. The van der Waals surface area contributed by atoms with Gasteiger partial charge in [0.2, 0.25) is 0 Å². The Labute approximate surface area is 132 Å². The summed E-state index contributed by atoms with van der Waals surface area (Å²) >= 11 is 0. The van der Waals surface area contributed by atoms with Crippen molar-refractivity contribution in [3.8, 4) is 22.9 Å². The first-order valence-electron chi connectivity index (χ1n) is 6.99. The minimum atomic E-state index is -0.622. The molecule has 23 heavy (non-hydrogen) atoms. The molecule has 0 aliphatic carbocycles. The maximum atomic E-state index is 12.3. The molecule has 0 amide bonds. The second-order valence-electron chi connectivity index (χ2n) is 5.40. The molecule has 0 saturated carbocycles. The summed E-state index contributed by atoms with van der Waals surface area (Å²) in [5, 5.41) is 4.36. The summed E-state index contributed by atoms with van der Waals surface area (Å²) in [6.45, 7) is 0. The Bertz CT molecular complexity index is 973. The molecule has 1 aromatic carbocycles. The highest BCUT2D eigenvalue weighted by atomic mass is 16.2. The Morgan fingerprint density at radius 2 is 1.74 bits per heavy atom. The second kappa shape index (κ2) is 5.31. The highest BCUT2D eigenvalue weighted by Crippen LogP contribution is 2.27. The average Bonchev–Trinajstić information content (AvgIpc) is 2.53. The first-order valence-corrected chi connectivity index (χ1v) is 6.99. The lowest BCUT2D eigenvalue weighted by atomic mass is 10.1. The number of rotatable bonds is 2. The van der Waals surface area contributed by atoms with E-state index >= 15 is 0 Å². The van der Waals surface area contributed by atoms with Gasteiger partial charge in [0.15, 0.2) is 17.3 Å². The molecule has 2 heterocycles. The maximum Gasteiger partial charge on any atom is 0.352 e. The Balaban J connectivity index is 2.36. The molecule has 0 spiro atoms. The van der Waals surface area contributed by atoms with Gasteiger partial charge >= 0.3 is 5.69 Å². The van der Waals surface area contributed by atoms with Crippen molar-refractivity contribution in [3.63, 3.8) is 0 Å². The van der Waals surface area contributed by atoms with Crippen LogP contribution in [0.4, 0.5) is 5.69 Å². The number of aryl methyl sites for hydroxylation is 1. The fourth-order valence-electron chi connectivity index (χ4n) is 2.37. The van der Waals surface area contributed by atoms with Crippen molar-refractivity contribution in [1.29, 1.82) is 0 Å². The molecule has 0 aromatic heterocycles. The number of benzene rings is 1. The number of hydrogen-bond donors (Lipinski definition) is 0. The molecule has 2 aliphatic rings. The first-order chi connectivity index (χ1) is 10.9. The van der Waals surface area contributed by atoms with Gasteiger partial charge in [0.25, 0.3) is 5.56 Å². The van der Waals surface area contributed by atoms with Gasteiger partial charge < -0.3 is 4.90 Å². The SMILES string of the molecule is CN(C)c1ccccc1-c1nc2c(=O)n(C)c(=O)nc-2n(C)n1. The van der Waals surface area contributed by atoms with Crippen molar-refractivity contribution >= 4 is 5.69 Å². The van der Waals surface area contributed by atoms with Gasteiger partial charge in [0.05, 0.1) is 0 Å². The van der Waals surface area contributed by atoms with Crippen molar-refractivity contribution in [1.82, 2.24) is 24.3 Å². The van der Waals surface area contributed by atoms with E-state index in [-0.39, 0.29) is 11.5 Å². The van der Waals surface area contributed by atoms with Crippen LogP contribution in [0, 0.1) is 0 Å². The lowest BCUT2D eigenvalue weighted by molar-refractivity contribution is 0.678. The summed E-state index contributed by atoms with van der Waals surface area (Å²) in [6.07, 6.45) is 0. The molecule has 8 heteroatoms. The van der Waals surface area contributed by atoms with E-state index in [1.165, 1.54) is 11.7 Å². The van der Waals surface area contributed by atoms with E-state index in [9.17, 15) is 9.59 Å². The Hall–Kier alpha value is -3.03. The highest BCUT2D eigenvalue weighted by Gasteiger charge is 2.20. The van der Waals surface area contributed by atoms with Crippen molar-refractivity contribution in [2.45, 2.75) is 0 Å². The van der Waals surface area contributed by atoms with Crippen LogP contribution in [0.5, 0.6) is 0 Å². The van der Waals surface area contributed by atoms with Gasteiger partial charge in [0, 0.05) is 39.4 Å². The molecule has 3 rings (SSSR count). The third kappa shape index (κ3) is 2.37. The van der Waals surface area contributed by atoms with E-state index in [4.69, 9.17) is 0 Å². The second-order valence-corrected chi connectivity index (χ2v) is 5.40. The zero-order chi connectivity index (χ0) is 16.7. The molecule has 2 aliphatic heterocycles. The number of aromatic nitrogens is 5. The van der Waals surface area contributed by atoms with E-state index in [0.29, 0.717) is 5.82 Å². The monoisotopic (exact) mass is 312 g/mol. The lowest BCUT2D eigenvalue weighted by Gasteiger charge is -2.17. The third-order valence-electron chi connectivity index (χ3n) is 3.60. The van der Waals surface area contributed by atoms with Gasteiger partial charge in [0.1, 0.15) is 0 Å². The summed E-state index contributed by atoms with van der Waals surface area (Å²) < 4.78 is 2.35. The summed E-state index contributed by atoms with van der Waals surface area (Å²) in [4.78, 5) is 34.2. The quantitative estimate of drug-likeness (QED) is 0.667. The molecule has 0 atom stereocenters. The molecule has 0 N–H and O–H groups in total. The smallest absolute Gasteiger partial charge is 0.352 e. The number of anilines is 1. The van der Waals surface area contributed by atoms with Crippen LogP contribution in [-0.4, -0.2) is 38.4 Å². The first kappa shape index (κ1) is 14.9. The fourth-order valence-corrected chi connectivity index (χ4v) is 2.37. The number of nitrogens with zero attached hydrogens (tertiary/aromatic N) is 6. The van der Waals surface area contributed by atoms with Crippen molar-refractivity contribution in [2.24, 2.45) is 14.1 Å². The van der Waals surface area contributed by atoms with Crippen LogP contribution >= 0.6 is 0 Å². The third-order valence-corrected chi connectivity index (χ3v) is 3.60. The fraction of sp³-hybridized carbons (Fsp3) is 0.267. The van der Waals surface area contributed by atoms with Crippen LogP contribution in [0.3, 0.4) is 0 Å². The predicted molar refractivity (Wildman–Crippen MR) is 86.7 cm³/mol. The molecule has 118 valence electrons. The Morgan fingerprint density at radius 1 is 1.04 bits per heavy atom. The molecule has 1 aromatic rings. The minimum absolute atomic E-state index is 0.119. The number of fused-ring (bicyclic) bond motifs is 1. The molecule has 0 unspecified atom stereocenters. The zero-order valence-corrected chi connectivity index (χ0v) is 13.3. The summed E-state index contributed by atoms with van der Waals surface area (Å²) in [5.41, 5.74) is 0.734. The standard InChI is InChI=1S/C15H16N6O2/c1-19(2)10-8-6-5-7-9(10)12-16-11-13(21(4)18-12)17-15(23)20(3)14(11)22/h5-8H,1-4H3. The highest BCUT2D eigenvalue weighted by molar-refractivity contribution is 5.74. The molecule has 0 radical (unpaired) electrons. The van der Waals surface area contributed by atoms with Gasteiger partial charge in [-0.1, -0.05) is 12.1 Å². The molecule has 0 fully saturated rings. The van der Waals surface area contributed by atoms with Gasteiger partial charge in [-0.25, -0.2) is 14.5 Å². The molecule has 0 saturated heterocycles. The normalized spacial score (nSPS) is 11.0. The van der Waals surface area contributed by atoms with Crippen molar-refractivity contribution in [2.75, 3.05) is 19.0 Å². The van der Waals surface area contributed by atoms with Gasteiger partial charge in [-0.3, -0.25) is 9.36 Å². The molecule has 8 nitrogen and oxygen atoms in total. The molecule has 0 bridgehead atoms. The minimum Gasteiger partial charge on any atom is -0.377 e. The predicted octanol–water partition coefficient (Wildman–Crippen LogP) is 0.107. The van der Waals surface area contributed by atoms with Crippen LogP contribution in [0.1, 0.15) is 0 Å². The number of para-hydroxylation sites is 1. The Morgan fingerprint density at radius 3 is 2.43 bits per heavy atom. The molecular formula is C15H16N6O2. The summed E-state index contributed by atoms with van der Waals surface area (Å²) in [6, 6.07) is 7.63. The van der Waals surface area contributed by atoms with E-state index in [1.54, 1.807) is 7.05 Å². The maximum absolute atomic E-state index is 12.3. The van der Waals surface area contributed by atoms with E-state index in [0.717, 1.165) is 15.8 Å². The van der Waals surface area contributed by atoms with Crippen molar-refractivity contribution in [3.05, 3.63) is 45.1 Å². The largest absolute Gasteiger partial charge is 0.377 e. The topological polar surface area (TPSA) is 85.9 Å². The zero-order valence-electron chi connectivity index (χ0n) is 13.3. The number of hydrogen-bond acceptors (Lipinski definition) is 6. The van der Waals surface area contributed by atoms with Crippen LogP contribution in [0.2, 0.25) is 0 Å². The van der Waals surface area contributed by atoms with E-state index in [1.807, 2.05) is 43.3 Å². The average molecular weight is 312 g/mol. The van der Waals surface area contributed by atoms with Crippen LogP contribution in [0.15, 0.2) is 33.9 Å². The van der Waals surface area contributed by atoms with Gasteiger partial charge in [-0.2, -0.15) is 10.1 Å². The van der Waals surface area contributed by atoms with E-state index < -0.39 is 11.2 Å². The van der Waals surface area contributed by atoms with Crippen molar-refractivity contribution < 1.29 is 0 Å². The van der Waals surface area contributed by atoms with Gasteiger partial charge in [-0.05, 0) is 12.1 Å². The van der Waals surface area contributed by atoms with Crippen LogP contribution in [-0.2, 0) is 14.1 Å². The van der Waals surface area contributed by atoms with Crippen LogP contribution in [0.25, 0.3) is 22.9 Å². The summed E-state index contributed by atoms with van der Waals surface area (Å²) in [5.74, 6) is 0.575. The van der Waals surface area contributed by atoms with E-state index in [2.05, 4.69) is 15.1 Å². The Kier molecular flexibility index (Phi) is 3.44. The lowest BCUT2D eigenvalue weighted by Crippen LogP contribution is -2.36. The van der Waals surface area contributed by atoms with Crippen LogP contribution < -0.4 is 16.1 Å². The van der Waals surface area contributed by atoms with Gasteiger partial charge in [-0.15, -0.1) is 0 Å². The summed E-state index contributed by atoms with van der Waals surface area (Å²) in [7, 11) is 6.86.